The van der Waals surface area contributed by atoms with Gasteiger partial charge in [-0.15, -0.1) is 0 Å². The highest BCUT2D eigenvalue weighted by molar-refractivity contribution is 6.27. The van der Waals surface area contributed by atoms with Gasteiger partial charge in [-0.25, -0.2) is 0 Å². The van der Waals surface area contributed by atoms with E-state index in [-0.39, 0.29) is 11.3 Å². The molecule has 4 rings (SSSR count). The molecule has 0 bridgehead atoms. The summed E-state index contributed by atoms with van der Waals surface area (Å²) in [5.41, 5.74) is 3.80. The zero-order valence-electron chi connectivity index (χ0n) is 14.8. The van der Waals surface area contributed by atoms with E-state index in [1.807, 2.05) is 55.5 Å². The van der Waals surface area contributed by atoms with Crippen LogP contribution in [0.1, 0.15) is 49.1 Å². The van der Waals surface area contributed by atoms with Crippen molar-refractivity contribution in [1.82, 2.24) is 5.32 Å². The van der Waals surface area contributed by atoms with Crippen molar-refractivity contribution in [3.63, 3.8) is 0 Å². The number of nitrogens with one attached hydrogen (secondary N) is 1. The Hall–Kier alpha value is -3.53. The summed E-state index contributed by atoms with van der Waals surface area (Å²) in [6.45, 7) is 2.00. The summed E-state index contributed by atoms with van der Waals surface area (Å²) in [6, 6.07) is 19.9. The molecule has 0 aliphatic carbocycles. The highest BCUT2D eigenvalue weighted by Crippen LogP contribution is 2.34. The van der Waals surface area contributed by atoms with Crippen LogP contribution in [0.2, 0.25) is 0 Å². The van der Waals surface area contributed by atoms with Gasteiger partial charge in [-0.3, -0.25) is 19.7 Å². The molecule has 1 N–H and O–H groups in total. The van der Waals surface area contributed by atoms with Crippen LogP contribution in [0.4, 0.5) is 0 Å². The fourth-order valence-electron chi connectivity index (χ4n) is 3.55. The van der Waals surface area contributed by atoms with Gasteiger partial charge in [0.05, 0.1) is 11.1 Å². The number of carbonyl (C=O) groups excluding carboxylic acids is 3. The molecular formula is C23H17NO3. The van der Waals surface area contributed by atoms with Gasteiger partial charge >= 0.3 is 0 Å². The van der Waals surface area contributed by atoms with Crippen LogP contribution in [0.5, 0.6) is 0 Å². The Morgan fingerprint density at radius 2 is 1.48 bits per heavy atom. The minimum atomic E-state index is -0.465. The van der Waals surface area contributed by atoms with E-state index in [0.717, 1.165) is 17.5 Å². The number of ketones is 1. The molecule has 0 spiro atoms. The van der Waals surface area contributed by atoms with Crippen molar-refractivity contribution in [1.29, 1.82) is 0 Å². The van der Waals surface area contributed by atoms with E-state index in [1.165, 1.54) is 0 Å². The molecule has 0 aromatic heterocycles. The number of benzene rings is 3. The number of fused-ring (bicyclic) bond motifs is 1. The quantitative estimate of drug-likeness (QED) is 0.568. The van der Waals surface area contributed by atoms with Crippen molar-refractivity contribution in [2.24, 2.45) is 0 Å². The summed E-state index contributed by atoms with van der Waals surface area (Å²) in [6.07, 6.45) is 0.729. The van der Waals surface area contributed by atoms with Crippen LogP contribution in [-0.4, -0.2) is 17.6 Å². The molecule has 4 nitrogen and oxygen atoms in total. The van der Waals surface area contributed by atoms with E-state index in [2.05, 4.69) is 5.32 Å². The van der Waals surface area contributed by atoms with Crippen molar-refractivity contribution >= 4 is 17.6 Å². The first-order valence-corrected chi connectivity index (χ1v) is 8.82. The van der Waals surface area contributed by atoms with E-state index in [9.17, 15) is 14.4 Å². The normalized spacial score (nSPS) is 12.6. The summed E-state index contributed by atoms with van der Waals surface area (Å²) in [5.74, 6) is -1.05. The predicted molar refractivity (Wildman–Crippen MR) is 103 cm³/mol. The lowest BCUT2D eigenvalue weighted by Gasteiger charge is -2.14. The molecular weight excluding hydrogens is 338 g/mol. The van der Waals surface area contributed by atoms with Gasteiger partial charge in [0.2, 0.25) is 0 Å². The molecule has 0 saturated carbocycles. The Bertz CT molecular complexity index is 1080. The minimum Gasteiger partial charge on any atom is -0.289 e. The predicted octanol–water partition coefficient (Wildman–Crippen LogP) is 4.03. The van der Waals surface area contributed by atoms with Gasteiger partial charge in [-0.1, -0.05) is 61.5 Å². The zero-order chi connectivity index (χ0) is 19.0. The second-order valence-corrected chi connectivity index (χ2v) is 6.40. The van der Waals surface area contributed by atoms with Crippen LogP contribution in [0.15, 0.2) is 66.7 Å². The maximum atomic E-state index is 13.4. The average molecular weight is 355 g/mol. The van der Waals surface area contributed by atoms with Gasteiger partial charge in [-0.05, 0) is 29.7 Å². The first-order valence-electron chi connectivity index (χ1n) is 8.82. The molecule has 132 valence electrons. The fraction of sp³-hybridized carbons (Fsp3) is 0.0870. The first kappa shape index (κ1) is 16.9. The van der Waals surface area contributed by atoms with E-state index >= 15 is 0 Å². The van der Waals surface area contributed by atoms with E-state index in [0.29, 0.717) is 22.3 Å². The van der Waals surface area contributed by atoms with Gasteiger partial charge in [-0.2, -0.15) is 0 Å². The smallest absolute Gasteiger partial charge is 0.259 e. The number of carbonyl (C=O) groups is 3. The maximum absolute atomic E-state index is 13.4. The molecule has 4 heteroatoms. The summed E-state index contributed by atoms with van der Waals surface area (Å²) in [5, 5.41) is 2.33. The lowest BCUT2D eigenvalue weighted by Crippen LogP contribution is -2.20. The molecule has 3 aromatic rings. The second kappa shape index (κ2) is 6.65. The van der Waals surface area contributed by atoms with E-state index < -0.39 is 11.8 Å². The van der Waals surface area contributed by atoms with Crippen molar-refractivity contribution in [2.75, 3.05) is 0 Å². The fourth-order valence-corrected chi connectivity index (χ4v) is 3.55. The molecule has 1 heterocycles. The Balaban J connectivity index is 2.00. The molecule has 3 aromatic carbocycles. The molecule has 27 heavy (non-hydrogen) atoms. The number of hydrogen-bond acceptors (Lipinski definition) is 3. The third kappa shape index (κ3) is 2.75. The number of amides is 2. The first-order chi connectivity index (χ1) is 13.1. The van der Waals surface area contributed by atoms with Gasteiger partial charge in [0.25, 0.3) is 11.8 Å². The Labute approximate surface area is 156 Å². The van der Waals surface area contributed by atoms with Crippen molar-refractivity contribution in [3.05, 3.63) is 94.5 Å². The summed E-state index contributed by atoms with van der Waals surface area (Å²) in [7, 11) is 0. The Morgan fingerprint density at radius 3 is 2.22 bits per heavy atom. The highest BCUT2D eigenvalue weighted by atomic mass is 16.2. The number of aryl methyl sites for hydroxylation is 1. The van der Waals surface area contributed by atoms with Crippen molar-refractivity contribution in [3.8, 4) is 11.1 Å². The molecule has 0 unspecified atom stereocenters. The minimum absolute atomic E-state index is 0.152. The Morgan fingerprint density at radius 1 is 0.778 bits per heavy atom. The molecule has 1 aliphatic heterocycles. The van der Waals surface area contributed by atoms with Crippen molar-refractivity contribution in [2.45, 2.75) is 13.3 Å². The lowest BCUT2D eigenvalue weighted by atomic mass is 9.87. The van der Waals surface area contributed by atoms with Crippen molar-refractivity contribution < 1.29 is 14.4 Å². The van der Waals surface area contributed by atoms with Crippen LogP contribution in [0.3, 0.4) is 0 Å². The largest absolute Gasteiger partial charge is 0.289 e. The average Bonchev–Trinajstić information content (AvgIpc) is 3.01. The zero-order valence-corrected chi connectivity index (χ0v) is 14.8. The van der Waals surface area contributed by atoms with Crippen LogP contribution in [0, 0.1) is 0 Å². The summed E-state index contributed by atoms with van der Waals surface area (Å²) in [4.78, 5) is 37.9. The standard InChI is InChI=1S/C23H17NO3/c1-2-14-8-6-7-11-16(14)21(25)17-12-13-18-20(23(27)24-22(18)26)19(17)15-9-4-3-5-10-15/h3-13H,2H2,1H3,(H,24,26,27). The van der Waals surface area contributed by atoms with Crippen LogP contribution >= 0.6 is 0 Å². The number of rotatable bonds is 4. The third-order valence-electron chi connectivity index (χ3n) is 4.85. The topological polar surface area (TPSA) is 63.2 Å². The van der Waals surface area contributed by atoms with Gasteiger partial charge in [0, 0.05) is 16.7 Å². The highest BCUT2D eigenvalue weighted by Gasteiger charge is 2.33. The molecule has 0 saturated heterocycles. The molecule has 2 amide bonds. The summed E-state index contributed by atoms with van der Waals surface area (Å²) >= 11 is 0. The van der Waals surface area contributed by atoms with Gasteiger partial charge in [0.1, 0.15) is 0 Å². The molecule has 0 radical (unpaired) electrons. The molecule has 0 atom stereocenters. The van der Waals surface area contributed by atoms with Crippen LogP contribution in [0.25, 0.3) is 11.1 Å². The number of imide groups is 1. The van der Waals surface area contributed by atoms with Gasteiger partial charge in [0.15, 0.2) is 5.78 Å². The lowest BCUT2D eigenvalue weighted by molar-refractivity contribution is 0.0879. The SMILES string of the molecule is CCc1ccccc1C(=O)c1ccc2c(c1-c1ccccc1)C(=O)NC2=O. The second-order valence-electron chi connectivity index (χ2n) is 6.40. The number of hydrogen-bond donors (Lipinski definition) is 1. The van der Waals surface area contributed by atoms with Gasteiger partial charge < -0.3 is 0 Å². The third-order valence-corrected chi connectivity index (χ3v) is 4.85. The monoisotopic (exact) mass is 355 g/mol. The van der Waals surface area contributed by atoms with E-state index in [4.69, 9.17) is 0 Å². The van der Waals surface area contributed by atoms with Crippen LogP contribution in [-0.2, 0) is 6.42 Å². The van der Waals surface area contributed by atoms with Crippen LogP contribution < -0.4 is 5.32 Å². The molecule has 0 fully saturated rings. The maximum Gasteiger partial charge on any atom is 0.259 e. The van der Waals surface area contributed by atoms with E-state index in [1.54, 1.807) is 18.2 Å². The molecule has 1 aliphatic rings. The Kier molecular flexibility index (Phi) is 4.16. The summed E-state index contributed by atoms with van der Waals surface area (Å²) < 4.78 is 0.